The van der Waals surface area contributed by atoms with Gasteiger partial charge in [0.1, 0.15) is 5.75 Å². The topological polar surface area (TPSA) is 58.6 Å². The van der Waals surface area contributed by atoms with Gasteiger partial charge in [-0.05, 0) is 69.5 Å². The summed E-state index contributed by atoms with van der Waals surface area (Å²) in [5, 5.41) is 3.01. The van der Waals surface area contributed by atoms with Crippen LogP contribution in [0.5, 0.6) is 5.75 Å². The maximum absolute atomic E-state index is 12.1. The first-order valence-corrected chi connectivity index (χ1v) is 9.67. The van der Waals surface area contributed by atoms with Gasteiger partial charge >= 0.3 is 0 Å². The van der Waals surface area contributed by atoms with E-state index >= 15 is 0 Å². The lowest BCUT2D eigenvalue weighted by atomic mass is 9.98. The smallest absolute Gasteiger partial charge is 0.220 e. The maximum Gasteiger partial charge on any atom is 0.220 e. The van der Waals surface area contributed by atoms with Crippen LogP contribution in [0.4, 0.5) is 0 Å². The summed E-state index contributed by atoms with van der Waals surface area (Å²) >= 11 is 0. The Kier molecular flexibility index (Phi) is 8.10. The van der Waals surface area contributed by atoms with E-state index in [4.69, 9.17) is 4.74 Å². The number of methoxy groups -OCH3 is 1. The number of ether oxygens (including phenoxy) is 1. The first kappa shape index (κ1) is 20.4. The highest BCUT2D eigenvalue weighted by Crippen LogP contribution is 2.17. The van der Waals surface area contributed by atoms with Crippen LogP contribution < -0.4 is 10.1 Å². The van der Waals surface area contributed by atoms with E-state index in [0.717, 1.165) is 24.8 Å². The summed E-state index contributed by atoms with van der Waals surface area (Å²) in [6.07, 6.45) is 3.84. The molecule has 26 heavy (non-hydrogen) atoms. The van der Waals surface area contributed by atoms with Crippen LogP contribution in [0.2, 0.25) is 0 Å². The molecule has 0 spiro atoms. The zero-order valence-corrected chi connectivity index (χ0v) is 16.3. The molecule has 1 aliphatic rings. The number of Topliss-reactive ketones (excluding diaryl/α,β-unsaturated/α-hetero) is 1. The van der Waals surface area contributed by atoms with Gasteiger partial charge in [0, 0.05) is 31.0 Å². The fourth-order valence-electron chi connectivity index (χ4n) is 3.28. The molecule has 1 atom stereocenters. The number of ketones is 1. The molecular formula is C21H32N2O3. The van der Waals surface area contributed by atoms with Crippen LogP contribution in [0.3, 0.4) is 0 Å². The molecule has 1 aliphatic heterocycles. The molecule has 144 valence electrons. The van der Waals surface area contributed by atoms with Gasteiger partial charge in [-0.25, -0.2) is 0 Å². The van der Waals surface area contributed by atoms with Crippen LogP contribution in [-0.2, 0) is 4.79 Å². The second-order valence-electron chi connectivity index (χ2n) is 7.38. The molecule has 0 saturated carbocycles. The van der Waals surface area contributed by atoms with E-state index in [0.29, 0.717) is 37.4 Å². The summed E-state index contributed by atoms with van der Waals surface area (Å²) in [5.74, 6) is 1.65. The number of carbonyl (C=O) groups is 2. The molecule has 1 unspecified atom stereocenters. The SMILES string of the molecule is COc1ccc(C(=O)CCCC(=O)NCC(C)N2CCC(C)CC2)cc1. The van der Waals surface area contributed by atoms with Crippen LogP contribution in [0, 0.1) is 5.92 Å². The molecule has 1 aromatic rings. The van der Waals surface area contributed by atoms with E-state index in [1.165, 1.54) is 12.8 Å². The van der Waals surface area contributed by atoms with Crippen molar-refractivity contribution >= 4 is 11.7 Å². The Morgan fingerprint density at radius 3 is 2.46 bits per heavy atom. The Balaban J connectivity index is 1.62. The van der Waals surface area contributed by atoms with Crippen molar-refractivity contribution in [2.24, 2.45) is 5.92 Å². The molecule has 0 aromatic heterocycles. The predicted octanol–water partition coefficient (Wildman–Crippen LogP) is 3.28. The number of likely N-dealkylation sites (tertiary alicyclic amines) is 1. The van der Waals surface area contributed by atoms with Crippen molar-refractivity contribution < 1.29 is 14.3 Å². The minimum Gasteiger partial charge on any atom is -0.497 e. The molecule has 5 nitrogen and oxygen atoms in total. The van der Waals surface area contributed by atoms with E-state index < -0.39 is 0 Å². The molecule has 5 heteroatoms. The van der Waals surface area contributed by atoms with Gasteiger partial charge in [-0.2, -0.15) is 0 Å². The molecule has 1 saturated heterocycles. The minimum absolute atomic E-state index is 0.0322. The molecule has 0 bridgehead atoms. The Hall–Kier alpha value is -1.88. The number of carbonyl (C=O) groups excluding carboxylic acids is 2. The summed E-state index contributed by atoms with van der Waals surface area (Å²) < 4.78 is 5.09. The largest absolute Gasteiger partial charge is 0.497 e. The zero-order chi connectivity index (χ0) is 18.9. The summed E-state index contributed by atoms with van der Waals surface area (Å²) in [6, 6.07) is 7.46. The third kappa shape index (κ3) is 6.45. The van der Waals surface area contributed by atoms with Crippen molar-refractivity contribution in [1.82, 2.24) is 10.2 Å². The predicted molar refractivity (Wildman–Crippen MR) is 104 cm³/mol. The molecule has 1 N–H and O–H groups in total. The minimum atomic E-state index is 0.0322. The van der Waals surface area contributed by atoms with Crippen molar-refractivity contribution in [2.45, 2.75) is 52.0 Å². The summed E-state index contributed by atoms with van der Waals surface area (Å²) in [5.41, 5.74) is 0.666. The van der Waals surface area contributed by atoms with Crippen LogP contribution >= 0.6 is 0 Å². The highest BCUT2D eigenvalue weighted by Gasteiger charge is 2.20. The molecule has 1 aromatic carbocycles. The lowest BCUT2D eigenvalue weighted by Crippen LogP contribution is -2.45. The Bertz CT molecular complexity index is 577. The van der Waals surface area contributed by atoms with Crippen LogP contribution in [0.15, 0.2) is 24.3 Å². The van der Waals surface area contributed by atoms with Crippen LogP contribution in [-0.4, -0.2) is 49.4 Å². The van der Waals surface area contributed by atoms with Gasteiger partial charge in [-0.3, -0.25) is 14.5 Å². The van der Waals surface area contributed by atoms with Crippen molar-refractivity contribution in [3.05, 3.63) is 29.8 Å². The number of amides is 1. The average Bonchev–Trinajstić information content (AvgIpc) is 2.66. The lowest BCUT2D eigenvalue weighted by molar-refractivity contribution is -0.121. The Morgan fingerprint density at radius 2 is 1.85 bits per heavy atom. The third-order valence-electron chi connectivity index (χ3n) is 5.26. The van der Waals surface area contributed by atoms with Gasteiger partial charge in [0.05, 0.1) is 7.11 Å². The van der Waals surface area contributed by atoms with E-state index in [1.54, 1.807) is 31.4 Å². The van der Waals surface area contributed by atoms with Gasteiger partial charge in [-0.15, -0.1) is 0 Å². The van der Waals surface area contributed by atoms with Gasteiger partial charge < -0.3 is 10.1 Å². The van der Waals surface area contributed by atoms with Gasteiger partial charge in [0.15, 0.2) is 5.78 Å². The highest BCUT2D eigenvalue weighted by atomic mass is 16.5. The molecule has 0 aliphatic carbocycles. The monoisotopic (exact) mass is 360 g/mol. The van der Waals surface area contributed by atoms with Crippen molar-refractivity contribution in [3.8, 4) is 5.75 Å². The maximum atomic E-state index is 12.1. The van der Waals surface area contributed by atoms with Gasteiger partial charge in [-0.1, -0.05) is 6.92 Å². The number of piperidine rings is 1. The highest BCUT2D eigenvalue weighted by molar-refractivity contribution is 5.96. The molecule has 1 amide bonds. The summed E-state index contributed by atoms with van der Waals surface area (Å²) in [4.78, 5) is 26.6. The first-order chi connectivity index (χ1) is 12.5. The van der Waals surface area contributed by atoms with Crippen molar-refractivity contribution in [2.75, 3.05) is 26.7 Å². The normalized spacial score (nSPS) is 16.9. The molecule has 2 rings (SSSR count). The van der Waals surface area contributed by atoms with Crippen molar-refractivity contribution in [3.63, 3.8) is 0 Å². The van der Waals surface area contributed by atoms with Gasteiger partial charge in [0.2, 0.25) is 5.91 Å². The number of benzene rings is 1. The van der Waals surface area contributed by atoms with Crippen molar-refractivity contribution in [1.29, 1.82) is 0 Å². The molecular weight excluding hydrogens is 328 g/mol. The number of nitrogens with one attached hydrogen (secondary N) is 1. The second kappa shape index (κ2) is 10.3. The van der Waals surface area contributed by atoms with Crippen LogP contribution in [0.25, 0.3) is 0 Å². The fourth-order valence-corrected chi connectivity index (χ4v) is 3.28. The van der Waals surface area contributed by atoms with E-state index in [2.05, 4.69) is 24.1 Å². The Morgan fingerprint density at radius 1 is 1.19 bits per heavy atom. The first-order valence-electron chi connectivity index (χ1n) is 9.67. The number of hydrogen-bond acceptors (Lipinski definition) is 4. The lowest BCUT2D eigenvalue weighted by Gasteiger charge is -2.35. The number of rotatable bonds is 9. The number of hydrogen-bond donors (Lipinski definition) is 1. The molecule has 1 heterocycles. The molecule has 1 fully saturated rings. The third-order valence-corrected chi connectivity index (χ3v) is 5.26. The van der Waals surface area contributed by atoms with E-state index in [-0.39, 0.29) is 11.7 Å². The second-order valence-corrected chi connectivity index (χ2v) is 7.38. The standard InChI is InChI=1S/C21H32N2O3/c1-16-11-13-23(14-12-16)17(2)15-22-21(25)6-4-5-20(24)18-7-9-19(26-3)10-8-18/h7-10,16-17H,4-6,11-15H2,1-3H3,(H,22,25). The molecule has 0 radical (unpaired) electrons. The van der Waals surface area contributed by atoms with E-state index in [9.17, 15) is 9.59 Å². The average molecular weight is 360 g/mol. The summed E-state index contributed by atoms with van der Waals surface area (Å²) in [6.45, 7) is 7.39. The number of nitrogens with zero attached hydrogens (tertiary/aromatic N) is 1. The van der Waals surface area contributed by atoms with Gasteiger partial charge in [0.25, 0.3) is 0 Å². The van der Waals surface area contributed by atoms with Crippen LogP contribution in [0.1, 0.15) is 56.3 Å². The quantitative estimate of drug-likeness (QED) is 0.687. The fraction of sp³-hybridized carbons (Fsp3) is 0.619. The zero-order valence-electron chi connectivity index (χ0n) is 16.3. The Labute approximate surface area is 157 Å². The van der Waals surface area contributed by atoms with E-state index in [1.807, 2.05) is 0 Å². The summed E-state index contributed by atoms with van der Waals surface area (Å²) in [7, 11) is 1.60.